The number of piperidine rings is 1. The monoisotopic (exact) mass is 348 g/mol. The van der Waals surface area contributed by atoms with E-state index >= 15 is 0 Å². The fraction of sp³-hybridized carbons (Fsp3) is 0.600. The molecule has 0 N–H and O–H groups in total. The van der Waals surface area contributed by atoms with Crippen LogP contribution in [0.3, 0.4) is 0 Å². The summed E-state index contributed by atoms with van der Waals surface area (Å²) >= 11 is 1.41. The first kappa shape index (κ1) is 17.8. The number of hydrogen-bond donors (Lipinski definition) is 0. The Labute approximate surface area is 136 Å². The largest absolute Gasteiger partial charge is 0.406 e. The predicted molar refractivity (Wildman–Crippen MR) is 81.3 cm³/mol. The van der Waals surface area contributed by atoms with Crippen molar-refractivity contribution in [3.05, 3.63) is 22.4 Å². The molecule has 1 aliphatic heterocycles. The van der Waals surface area contributed by atoms with Crippen molar-refractivity contribution in [2.45, 2.75) is 25.9 Å². The summed E-state index contributed by atoms with van der Waals surface area (Å²) in [6, 6.07) is 1.71. The molecule has 4 nitrogen and oxygen atoms in total. The number of halogens is 3. The van der Waals surface area contributed by atoms with Crippen molar-refractivity contribution in [3.63, 3.8) is 0 Å². The van der Waals surface area contributed by atoms with E-state index in [2.05, 4.69) is 0 Å². The van der Waals surface area contributed by atoms with Crippen molar-refractivity contribution in [1.29, 1.82) is 0 Å². The molecular weight excluding hydrogens is 329 g/mol. The first-order valence-electron chi connectivity index (χ1n) is 7.49. The van der Waals surface area contributed by atoms with Crippen molar-refractivity contribution in [2.24, 2.45) is 5.92 Å². The fourth-order valence-electron chi connectivity index (χ4n) is 2.75. The lowest BCUT2D eigenvalue weighted by molar-refractivity contribution is -0.164. The Kier molecular flexibility index (Phi) is 5.67. The number of likely N-dealkylation sites (tertiary alicyclic amines) is 1. The van der Waals surface area contributed by atoms with Gasteiger partial charge in [0.2, 0.25) is 5.91 Å². The molecular formula is C15H19F3N2O2S. The topological polar surface area (TPSA) is 40.6 Å². The second kappa shape index (κ2) is 7.33. The molecule has 2 heterocycles. The number of thiophene rings is 1. The van der Waals surface area contributed by atoms with Crippen LogP contribution in [0.2, 0.25) is 0 Å². The summed E-state index contributed by atoms with van der Waals surface area (Å²) in [4.78, 5) is 27.1. The Hall–Kier alpha value is -1.57. The summed E-state index contributed by atoms with van der Waals surface area (Å²) in [6.45, 7) is 1.01. The molecule has 0 spiro atoms. The summed E-state index contributed by atoms with van der Waals surface area (Å²) in [7, 11) is 0. The highest BCUT2D eigenvalue weighted by Crippen LogP contribution is 2.23. The van der Waals surface area contributed by atoms with Crippen LogP contribution in [0.15, 0.2) is 16.8 Å². The highest BCUT2D eigenvalue weighted by Gasteiger charge is 2.36. The van der Waals surface area contributed by atoms with Gasteiger partial charge in [0.1, 0.15) is 6.54 Å². The van der Waals surface area contributed by atoms with Crippen LogP contribution in [0.4, 0.5) is 13.2 Å². The Morgan fingerprint density at radius 2 is 2.17 bits per heavy atom. The first-order valence-corrected chi connectivity index (χ1v) is 8.43. The third kappa shape index (κ3) is 4.70. The number of hydrogen-bond acceptors (Lipinski definition) is 3. The molecule has 2 amide bonds. The van der Waals surface area contributed by atoms with E-state index in [0.717, 1.165) is 4.90 Å². The van der Waals surface area contributed by atoms with Gasteiger partial charge in [0.15, 0.2) is 0 Å². The predicted octanol–water partition coefficient (Wildman–Crippen LogP) is 3.01. The van der Waals surface area contributed by atoms with E-state index in [4.69, 9.17) is 0 Å². The van der Waals surface area contributed by atoms with E-state index in [1.807, 2.05) is 0 Å². The Balaban J connectivity index is 2.02. The van der Waals surface area contributed by atoms with Gasteiger partial charge in [0.05, 0.1) is 11.5 Å². The van der Waals surface area contributed by atoms with Crippen LogP contribution in [0.1, 0.15) is 30.1 Å². The quantitative estimate of drug-likeness (QED) is 0.839. The molecule has 1 aliphatic rings. The summed E-state index contributed by atoms with van der Waals surface area (Å²) in [5.74, 6) is -1.25. The smallest absolute Gasteiger partial charge is 0.338 e. The molecule has 1 saturated heterocycles. The lowest BCUT2D eigenvalue weighted by Crippen LogP contribution is -2.48. The third-order valence-corrected chi connectivity index (χ3v) is 4.57. The minimum atomic E-state index is -4.41. The lowest BCUT2D eigenvalue weighted by Gasteiger charge is -2.34. The molecule has 0 aliphatic carbocycles. The van der Waals surface area contributed by atoms with Gasteiger partial charge in [-0.25, -0.2) is 0 Å². The minimum absolute atomic E-state index is 0.00726. The molecule has 0 radical (unpaired) electrons. The normalized spacial score (nSPS) is 18.8. The van der Waals surface area contributed by atoms with Crippen molar-refractivity contribution in [2.75, 3.05) is 26.2 Å². The average molecular weight is 348 g/mol. The van der Waals surface area contributed by atoms with E-state index in [1.165, 1.54) is 18.3 Å². The van der Waals surface area contributed by atoms with Crippen LogP contribution < -0.4 is 0 Å². The van der Waals surface area contributed by atoms with Gasteiger partial charge < -0.3 is 9.80 Å². The molecule has 1 unspecified atom stereocenters. The van der Waals surface area contributed by atoms with Crippen molar-refractivity contribution < 1.29 is 22.8 Å². The zero-order valence-corrected chi connectivity index (χ0v) is 13.6. The molecule has 0 bridgehead atoms. The van der Waals surface area contributed by atoms with Gasteiger partial charge in [0, 0.05) is 25.0 Å². The van der Waals surface area contributed by atoms with E-state index in [9.17, 15) is 22.8 Å². The van der Waals surface area contributed by atoms with Crippen molar-refractivity contribution >= 4 is 23.2 Å². The van der Waals surface area contributed by atoms with Gasteiger partial charge in [0.25, 0.3) is 5.91 Å². The van der Waals surface area contributed by atoms with E-state index in [0.29, 0.717) is 24.9 Å². The first-order chi connectivity index (χ1) is 10.8. The van der Waals surface area contributed by atoms with Crippen molar-refractivity contribution in [3.8, 4) is 0 Å². The maximum atomic E-state index is 12.6. The Morgan fingerprint density at radius 3 is 2.74 bits per heavy atom. The molecule has 1 atom stereocenters. The van der Waals surface area contributed by atoms with Crippen molar-refractivity contribution in [1.82, 2.24) is 9.80 Å². The maximum absolute atomic E-state index is 12.6. The maximum Gasteiger partial charge on any atom is 0.406 e. The number of carbonyl (C=O) groups is 2. The zero-order chi connectivity index (χ0) is 17.0. The van der Waals surface area contributed by atoms with Gasteiger partial charge in [-0.05, 0) is 31.2 Å². The molecule has 128 valence electrons. The van der Waals surface area contributed by atoms with Crippen LogP contribution in [-0.2, 0) is 4.79 Å². The van der Waals surface area contributed by atoms with Gasteiger partial charge >= 0.3 is 6.18 Å². The molecule has 8 heteroatoms. The molecule has 1 aromatic heterocycles. The summed E-state index contributed by atoms with van der Waals surface area (Å²) in [5, 5.41) is 3.53. The van der Waals surface area contributed by atoms with Crippen LogP contribution >= 0.6 is 11.3 Å². The van der Waals surface area contributed by atoms with Gasteiger partial charge in [-0.1, -0.05) is 0 Å². The number of alkyl halides is 3. The summed E-state index contributed by atoms with van der Waals surface area (Å²) in [6.07, 6.45) is -3.27. The number of nitrogens with zero attached hydrogens (tertiary/aromatic N) is 2. The summed E-state index contributed by atoms with van der Waals surface area (Å²) < 4.78 is 37.7. The van der Waals surface area contributed by atoms with Gasteiger partial charge in [-0.15, -0.1) is 0 Å². The highest BCUT2D eigenvalue weighted by molar-refractivity contribution is 7.08. The highest BCUT2D eigenvalue weighted by atomic mass is 32.1. The zero-order valence-electron chi connectivity index (χ0n) is 12.8. The molecule has 0 saturated carbocycles. The van der Waals surface area contributed by atoms with E-state index in [1.54, 1.807) is 21.7 Å². The molecule has 2 rings (SSSR count). The fourth-order valence-corrected chi connectivity index (χ4v) is 3.38. The van der Waals surface area contributed by atoms with Gasteiger partial charge in [-0.2, -0.15) is 24.5 Å². The SMILES string of the molecule is CCN(CC(F)(F)F)C(=O)C1CCCN(C(=O)c2ccsc2)C1. The van der Waals surface area contributed by atoms with E-state index < -0.39 is 24.5 Å². The molecule has 23 heavy (non-hydrogen) atoms. The van der Waals surface area contributed by atoms with Crippen LogP contribution in [0.25, 0.3) is 0 Å². The second-order valence-electron chi connectivity index (χ2n) is 5.57. The number of rotatable bonds is 4. The Bertz CT molecular complexity index is 545. The van der Waals surface area contributed by atoms with E-state index in [-0.39, 0.29) is 19.0 Å². The third-order valence-electron chi connectivity index (χ3n) is 3.89. The van der Waals surface area contributed by atoms with Crippen LogP contribution in [-0.4, -0.2) is 54.0 Å². The van der Waals surface area contributed by atoms with Gasteiger partial charge in [-0.3, -0.25) is 9.59 Å². The van der Waals surface area contributed by atoms with Crippen LogP contribution in [0, 0.1) is 5.92 Å². The lowest BCUT2D eigenvalue weighted by atomic mass is 9.96. The molecule has 1 fully saturated rings. The Morgan fingerprint density at radius 1 is 1.43 bits per heavy atom. The molecule has 0 aromatic carbocycles. The number of carbonyl (C=O) groups excluding carboxylic acids is 2. The standard InChI is InChI=1S/C15H19F3N2O2S/c1-2-19(10-15(16,17)18)13(21)11-4-3-6-20(8-11)14(22)12-5-7-23-9-12/h5,7,9,11H,2-4,6,8,10H2,1H3. The second-order valence-corrected chi connectivity index (χ2v) is 6.35. The van der Waals surface area contributed by atoms with Crippen LogP contribution in [0.5, 0.6) is 0 Å². The molecule has 1 aromatic rings. The average Bonchev–Trinajstić information content (AvgIpc) is 3.05. The minimum Gasteiger partial charge on any atom is -0.338 e. The number of amides is 2. The summed E-state index contributed by atoms with van der Waals surface area (Å²) in [5.41, 5.74) is 0.561.